The minimum atomic E-state index is -0.176. The molecule has 3 rings (SSSR count). The van der Waals surface area contributed by atoms with E-state index in [1.54, 1.807) is 12.1 Å². The maximum atomic E-state index is 13.5. The van der Waals surface area contributed by atoms with Gasteiger partial charge < -0.3 is 10.6 Å². The number of halogens is 1. The fourth-order valence-electron chi connectivity index (χ4n) is 3.29. The first kappa shape index (κ1) is 14.1. The summed E-state index contributed by atoms with van der Waals surface area (Å²) in [5, 5.41) is 0. The van der Waals surface area contributed by atoms with E-state index < -0.39 is 0 Å². The Bertz CT molecular complexity index is 626. The molecule has 0 fully saturated rings. The lowest BCUT2D eigenvalue weighted by atomic mass is 9.98. The first-order valence-corrected chi connectivity index (χ1v) is 7.52. The molecule has 0 amide bonds. The highest BCUT2D eigenvalue weighted by Gasteiger charge is 2.30. The van der Waals surface area contributed by atoms with Crippen molar-refractivity contribution in [1.82, 2.24) is 0 Å². The molecule has 2 aromatic carbocycles. The van der Waals surface area contributed by atoms with Crippen molar-refractivity contribution in [2.45, 2.75) is 25.3 Å². The molecular weight excluding hydrogens is 263 g/mol. The normalized spacial score (nSPS) is 18.6. The molecule has 1 heterocycles. The molecule has 2 nitrogen and oxygen atoms in total. The summed E-state index contributed by atoms with van der Waals surface area (Å²) in [7, 11) is 0. The third kappa shape index (κ3) is 2.66. The van der Waals surface area contributed by atoms with Crippen molar-refractivity contribution < 1.29 is 4.39 Å². The van der Waals surface area contributed by atoms with Crippen molar-refractivity contribution in [1.29, 1.82) is 0 Å². The molecule has 0 saturated carbocycles. The largest absolute Gasteiger partial charge is 0.364 e. The molecule has 2 atom stereocenters. The van der Waals surface area contributed by atoms with Crippen molar-refractivity contribution in [3.05, 3.63) is 65.5 Å². The minimum absolute atomic E-state index is 0.157. The molecule has 2 aromatic rings. The highest BCUT2D eigenvalue weighted by Crippen LogP contribution is 2.42. The van der Waals surface area contributed by atoms with Crippen molar-refractivity contribution in [2.24, 2.45) is 5.73 Å². The summed E-state index contributed by atoms with van der Waals surface area (Å²) < 4.78 is 13.5. The SMILES string of the molecule is CC(c1cccc(F)c1)N1CC(CCN)c2ccccc21. The number of fused-ring (bicyclic) bond motifs is 1. The van der Waals surface area contributed by atoms with Gasteiger partial charge in [-0.15, -0.1) is 0 Å². The van der Waals surface area contributed by atoms with Crippen LogP contribution in [0.25, 0.3) is 0 Å². The number of hydrogen-bond donors (Lipinski definition) is 1. The third-order valence-corrected chi connectivity index (χ3v) is 4.42. The fourth-order valence-corrected chi connectivity index (χ4v) is 3.29. The minimum Gasteiger partial charge on any atom is -0.364 e. The van der Waals surface area contributed by atoms with Gasteiger partial charge in [-0.3, -0.25) is 0 Å². The summed E-state index contributed by atoms with van der Waals surface area (Å²) in [6, 6.07) is 15.5. The summed E-state index contributed by atoms with van der Waals surface area (Å²) in [5.41, 5.74) is 9.39. The zero-order valence-electron chi connectivity index (χ0n) is 12.3. The van der Waals surface area contributed by atoms with Crippen LogP contribution in [-0.2, 0) is 0 Å². The number of benzene rings is 2. The highest BCUT2D eigenvalue weighted by atomic mass is 19.1. The molecule has 3 heteroatoms. The van der Waals surface area contributed by atoms with E-state index in [2.05, 4.69) is 36.1 Å². The zero-order valence-corrected chi connectivity index (χ0v) is 12.3. The van der Waals surface area contributed by atoms with E-state index >= 15 is 0 Å². The van der Waals surface area contributed by atoms with Crippen molar-refractivity contribution >= 4 is 5.69 Å². The van der Waals surface area contributed by atoms with Crippen molar-refractivity contribution in [2.75, 3.05) is 18.0 Å². The molecule has 0 bridgehead atoms. The second-order valence-corrected chi connectivity index (χ2v) is 5.72. The summed E-state index contributed by atoms with van der Waals surface area (Å²) in [4.78, 5) is 2.37. The maximum absolute atomic E-state index is 13.5. The lowest BCUT2D eigenvalue weighted by Crippen LogP contribution is -2.26. The second-order valence-electron chi connectivity index (χ2n) is 5.72. The predicted molar refractivity (Wildman–Crippen MR) is 85.0 cm³/mol. The van der Waals surface area contributed by atoms with E-state index in [4.69, 9.17) is 5.73 Å². The van der Waals surface area contributed by atoms with Gasteiger partial charge in [-0.25, -0.2) is 4.39 Å². The van der Waals surface area contributed by atoms with E-state index in [1.807, 2.05) is 6.07 Å². The van der Waals surface area contributed by atoms with Gasteiger partial charge >= 0.3 is 0 Å². The standard InChI is InChI=1S/C18H21FN2/c1-13(14-5-4-6-16(19)11-14)21-12-15(9-10-20)17-7-2-3-8-18(17)21/h2-8,11,13,15H,9-10,12,20H2,1H3. The Balaban J connectivity index is 1.93. The van der Waals surface area contributed by atoms with E-state index in [1.165, 1.54) is 17.3 Å². The van der Waals surface area contributed by atoms with Crippen molar-refractivity contribution in [3.63, 3.8) is 0 Å². The number of nitrogens with two attached hydrogens (primary N) is 1. The Morgan fingerprint density at radius 1 is 1.24 bits per heavy atom. The number of rotatable bonds is 4. The van der Waals surface area contributed by atoms with Crippen LogP contribution in [0, 0.1) is 5.82 Å². The average Bonchev–Trinajstić information content (AvgIpc) is 2.86. The van der Waals surface area contributed by atoms with E-state index in [0.29, 0.717) is 12.5 Å². The predicted octanol–water partition coefficient (Wildman–Crippen LogP) is 3.84. The van der Waals surface area contributed by atoms with Gasteiger partial charge in [0.2, 0.25) is 0 Å². The smallest absolute Gasteiger partial charge is 0.123 e. The topological polar surface area (TPSA) is 29.3 Å². The molecule has 1 aliphatic rings. The molecule has 0 radical (unpaired) electrons. The van der Waals surface area contributed by atoms with Gasteiger partial charge in [0.1, 0.15) is 5.82 Å². The Kier molecular flexibility index (Phi) is 3.93. The molecule has 0 spiro atoms. The number of anilines is 1. The quantitative estimate of drug-likeness (QED) is 0.924. The summed E-state index contributed by atoms with van der Waals surface area (Å²) in [5.74, 6) is 0.299. The van der Waals surface area contributed by atoms with Crippen LogP contribution in [0.3, 0.4) is 0 Å². The maximum Gasteiger partial charge on any atom is 0.123 e. The van der Waals surface area contributed by atoms with Gasteiger partial charge in [0.15, 0.2) is 0 Å². The van der Waals surface area contributed by atoms with E-state index in [-0.39, 0.29) is 11.9 Å². The molecule has 2 unspecified atom stereocenters. The monoisotopic (exact) mass is 284 g/mol. The molecule has 2 N–H and O–H groups in total. The molecule has 21 heavy (non-hydrogen) atoms. The summed E-state index contributed by atoms with van der Waals surface area (Å²) >= 11 is 0. The number of nitrogens with zero attached hydrogens (tertiary/aromatic N) is 1. The van der Waals surface area contributed by atoms with Gasteiger partial charge in [0.25, 0.3) is 0 Å². The van der Waals surface area contributed by atoms with Crippen molar-refractivity contribution in [3.8, 4) is 0 Å². The lowest BCUT2D eigenvalue weighted by Gasteiger charge is -2.28. The molecule has 1 aliphatic heterocycles. The molecule has 0 saturated heterocycles. The van der Waals surface area contributed by atoms with Gasteiger partial charge in [-0.2, -0.15) is 0 Å². The fraction of sp³-hybridized carbons (Fsp3) is 0.333. The number of hydrogen-bond acceptors (Lipinski definition) is 2. The van der Waals surface area contributed by atoms with E-state index in [9.17, 15) is 4.39 Å². The lowest BCUT2D eigenvalue weighted by molar-refractivity contribution is 0.596. The van der Waals surface area contributed by atoms with Crippen LogP contribution in [-0.4, -0.2) is 13.1 Å². The van der Waals surface area contributed by atoms with Crippen LogP contribution >= 0.6 is 0 Å². The summed E-state index contributed by atoms with van der Waals surface area (Å²) in [6.45, 7) is 3.78. The first-order valence-electron chi connectivity index (χ1n) is 7.52. The first-order chi connectivity index (χ1) is 10.2. The number of para-hydroxylation sites is 1. The second kappa shape index (κ2) is 5.86. The van der Waals surface area contributed by atoms with Gasteiger partial charge in [-0.1, -0.05) is 30.3 Å². The van der Waals surface area contributed by atoms with Crippen LogP contribution in [0.15, 0.2) is 48.5 Å². The molecule has 110 valence electrons. The van der Waals surface area contributed by atoms with Gasteiger partial charge in [0, 0.05) is 18.2 Å². The van der Waals surface area contributed by atoms with Crippen LogP contribution in [0.1, 0.15) is 36.4 Å². The highest BCUT2D eigenvalue weighted by molar-refractivity contribution is 5.61. The van der Waals surface area contributed by atoms with E-state index in [0.717, 1.165) is 18.5 Å². The Hall–Kier alpha value is -1.87. The third-order valence-electron chi connectivity index (χ3n) is 4.42. The molecular formula is C18H21FN2. The van der Waals surface area contributed by atoms with Crippen LogP contribution in [0.2, 0.25) is 0 Å². The zero-order chi connectivity index (χ0) is 14.8. The Morgan fingerprint density at radius 3 is 2.81 bits per heavy atom. The average molecular weight is 284 g/mol. The van der Waals surface area contributed by atoms with Gasteiger partial charge in [0.05, 0.1) is 6.04 Å². The Labute approximate surface area is 125 Å². The Morgan fingerprint density at radius 2 is 2.05 bits per heavy atom. The summed E-state index contributed by atoms with van der Waals surface area (Å²) in [6.07, 6.45) is 0.989. The van der Waals surface area contributed by atoms with Crippen LogP contribution in [0.5, 0.6) is 0 Å². The van der Waals surface area contributed by atoms with Gasteiger partial charge in [-0.05, 0) is 49.2 Å². The van der Waals surface area contributed by atoms with Crippen LogP contribution < -0.4 is 10.6 Å². The molecule has 0 aromatic heterocycles. The van der Waals surface area contributed by atoms with Crippen LogP contribution in [0.4, 0.5) is 10.1 Å². The molecule has 0 aliphatic carbocycles.